The molecular weight excluding hydrogens is 413 g/mol. The molecule has 0 fully saturated rings. The first-order chi connectivity index (χ1) is 10.6. The van der Waals surface area contributed by atoms with Crippen molar-refractivity contribution in [2.24, 2.45) is 0 Å². The Morgan fingerprint density at radius 1 is 1.48 bits per heavy atom. The molecule has 0 aliphatic heterocycles. The summed E-state index contributed by atoms with van der Waals surface area (Å²) < 4.78 is 37.5. The van der Waals surface area contributed by atoms with Crippen LogP contribution in [0.5, 0.6) is 0 Å². The van der Waals surface area contributed by atoms with Gasteiger partial charge in [0.1, 0.15) is 16.8 Å². The van der Waals surface area contributed by atoms with Crippen LogP contribution in [-0.2, 0) is 15.7 Å². The van der Waals surface area contributed by atoms with Gasteiger partial charge in [0.25, 0.3) is 5.91 Å². The van der Waals surface area contributed by atoms with E-state index in [0.717, 1.165) is 10.9 Å². The summed E-state index contributed by atoms with van der Waals surface area (Å²) in [6.45, 7) is 1.72. The van der Waals surface area contributed by atoms with Crippen LogP contribution in [0.1, 0.15) is 16.1 Å². The standard InChI is InChI=1S/C13H12BrClFN3O3S/c1-7-3-4-9(8(16)5-7)17-13(20)11-10(14)12(15)19(18-11)6-23(2,21)22/h3-5H,6H2,1-2H3,(H,17,20). The van der Waals surface area contributed by atoms with E-state index in [0.29, 0.717) is 5.56 Å². The zero-order valence-corrected chi connectivity index (χ0v) is 15.3. The van der Waals surface area contributed by atoms with Crippen molar-refractivity contribution in [3.63, 3.8) is 0 Å². The number of aromatic nitrogens is 2. The highest BCUT2D eigenvalue weighted by Crippen LogP contribution is 2.27. The normalized spacial score (nSPS) is 11.5. The predicted molar refractivity (Wildman–Crippen MR) is 88.9 cm³/mol. The van der Waals surface area contributed by atoms with Gasteiger partial charge in [0.15, 0.2) is 15.5 Å². The van der Waals surface area contributed by atoms with Gasteiger partial charge in [-0.2, -0.15) is 5.10 Å². The van der Waals surface area contributed by atoms with Crippen molar-refractivity contribution in [3.05, 3.63) is 44.9 Å². The number of amides is 1. The van der Waals surface area contributed by atoms with Gasteiger partial charge in [0.05, 0.1) is 10.2 Å². The smallest absolute Gasteiger partial charge is 0.277 e. The van der Waals surface area contributed by atoms with E-state index in [2.05, 4.69) is 26.3 Å². The van der Waals surface area contributed by atoms with Crippen LogP contribution in [0.15, 0.2) is 22.7 Å². The molecule has 1 N–H and O–H groups in total. The van der Waals surface area contributed by atoms with Crippen LogP contribution in [0.2, 0.25) is 5.15 Å². The molecule has 0 spiro atoms. The van der Waals surface area contributed by atoms with Gasteiger partial charge in [-0.15, -0.1) is 0 Å². The lowest BCUT2D eigenvalue weighted by Gasteiger charge is -2.05. The largest absolute Gasteiger partial charge is 0.318 e. The Labute approximate surface area is 145 Å². The van der Waals surface area contributed by atoms with Gasteiger partial charge >= 0.3 is 0 Å². The third kappa shape index (κ3) is 4.30. The summed E-state index contributed by atoms with van der Waals surface area (Å²) in [5.74, 6) is -1.78. The molecule has 0 bridgehead atoms. The number of hydrogen-bond donors (Lipinski definition) is 1. The Balaban J connectivity index is 2.31. The van der Waals surface area contributed by atoms with Crippen LogP contribution >= 0.6 is 27.5 Å². The van der Waals surface area contributed by atoms with Gasteiger partial charge in [-0.3, -0.25) is 4.79 Å². The van der Waals surface area contributed by atoms with Crippen LogP contribution in [0.4, 0.5) is 10.1 Å². The molecule has 10 heteroatoms. The summed E-state index contributed by atoms with van der Waals surface area (Å²) in [5.41, 5.74) is 0.557. The second-order valence-corrected chi connectivity index (χ2v) is 8.21. The lowest BCUT2D eigenvalue weighted by atomic mass is 10.2. The summed E-state index contributed by atoms with van der Waals surface area (Å²) in [4.78, 5) is 12.2. The zero-order chi connectivity index (χ0) is 17.4. The maximum atomic E-state index is 13.8. The van der Waals surface area contributed by atoms with Crippen LogP contribution in [0.3, 0.4) is 0 Å². The predicted octanol–water partition coefficient (Wildman–Crippen LogP) is 3.00. The lowest BCUT2D eigenvalue weighted by Crippen LogP contribution is -2.16. The molecule has 0 saturated heterocycles. The number of nitrogens with one attached hydrogen (secondary N) is 1. The minimum Gasteiger partial charge on any atom is -0.318 e. The highest BCUT2D eigenvalue weighted by Gasteiger charge is 2.22. The van der Waals surface area contributed by atoms with Crippen molar-refractivity contribution >= 4 is 49.0 Å². The molecule has 6 nitrogen and oxygen atoms in total. The number of rotatable bonds is 4. The summed E-state index contributed by atoms with van der Waals surface area (Å²) in [6.07, 6.45) is 1.01. The summed E-state index contributed by atoms with van der Waals surface area (Å²) in [5, 5.41) is 6.20. The maximum absolute atomic E-state index is 13.8. The topological polar surface area (TPSA) is 81.1 Å². The van der Waals surface area contributed by atoms with Crippen molar-refractivity contribution in [3.8, 4) is 0 Å². The van der Waals surface area contributed by atoms with Crippen LogP contribution < -0.4 is 5.32 Å². The minimum atomic E-state index is -3.40. The second kappa shape index (κ2) is 6.58. The molecule has 1 amide bonds. The van der Waals surface area contributed by atoms with E-state index >= 15 is 0 Å². The molecule has 124 valence electrons. The Hall–Kier alpha value is -1.45. The van der Waals surface area contributed by atoms with Crippen molar-refractivity contribution < 1.29 is 17.6 Å². The molecule has 0 aliphatic rings. The Bertz CT molecular complexity index is 883. The quantitative estimate of drug-likeness (QED) is 0.818. The van der Waals surface area contributed by atoms with Gasteiger partial charge in [0.2, 0.25) is 0 Å². The third-order valence-corrected chi connectivity index (χ3v) is 4.86. The molecule has 2 rings (SSSR count). The average Bonchev–Trinajstić information content (AvgIpc) is 2.68. The lowest BCUT2D eigenvalue weighted by molar-refractivity contribution is 0.102. The Morgan fingerprint density at radius 2 is 2.13 bits per heavy atom. The number of carbonyl (C=O) groups excluding carboxylic acids is 1. The van der Waals surface area contributed by atoms with Crippen molar-refractivity contribution in [1.29, 1.82) is 0 Å². The molecule has 0 saturated carbocycles. The molecule has 1 heterocycles. The number of benzene rings is 1. The Morgan fingerprint density at radius 3 is 2.70 bits per heavy atom. The highest BCUT2D eigenvalue weighted by molar-refractivity contribution is 9.10. The van der Waals surface area contributed by atoms with Gasteiger partial charge in [0, 0.05) is 6.26 Å². The number of aryl methyl sites for hydroxylation is 1. The fourth-order valence-electron chi connectivity index (χ4n) is 1.78. The van der Waals surface area contributed by atoms with Crippen molar-refractivity contribution in [2.45, 2.75) is 12.8 Å². The van der Waals surface area contributed by atoms with E-state index in [1.165, 1.54) is 12.1 Å². The molecule has 0 atom stereocenters. The first-order valence-electron chi connectivity index (χ1n) is 6.25. The maximum Gasteiger partial charge on any atom is 0.277 e. The molecule has 0 radical (unpaired) electrons. The van der Waals surface area contributed by atoms with Crippen LogP contribution in [0, 0.1) is 12.7 Å². The second-order valence-electron chi connectivity index (χ2n) is 4.95. The van der Waals surface area contributed by atoms with E-state index in [-0.39, 0.29) is 21.0 Å². The molecule has 0 aliphatic carbocycles. The van der Waals surface area contributed by atoms with E-state index in [1.54, 1.807) is 13.0 Å². The summed E-state index contributed by atoms with van der Waals surface area (Å²) in [7, 11) is -3.40. The van der Waals surface area contributed by atoms with Gasteiger partial charge in [-0.05, 0) is 40.5 Å². The highest BCUT2D eigenvalue weighted by atomic mass is 79.9. The molecule has 2 aromatic rings. The zero-order valence-electron chi connectivity index (χ0n) is 12.1. The molecule has 0 unspecified atom stereocenters. The van der Waals surface area contributed by atoms with Gasteiger partial charge < -0.3 is 5.32 Å². The van der Waals surface area contributed by atoms with E-state index in [4.69, 9.17) is 11.6 Å². The number of carbonyl (C=O) groups is 1. The first-order valence-corrected chi connectivity index (χ1v) is 9.48. The van der Waals surface area contributed by atoms with E-state index < -0.39 is 27.4 Å². The van der Waals surface area contributed by atoms with Crippen molar-refractivity contribution in [1.82, 2.24) is 9.78 Å². The number of anilines is 1. The molecular formula is C13H12BrClFN3O3S. The van der Waals surface area contributed by atoms with E-state index in [1.807, 2.05) is 0 Å². The SMILES string of the molecule is Cc1ccc(NC(=O)c2nn(CS(C)(=O)=O)c(Cl)c2Br)c(F)c1. The fourth-order valence-corrected chi connectivity index (χ4v) is 3.13. The number of sulfone groups is 1. The third-order valence-electron chi connectivity index (χ3n) is 2.78. The van der Waals surface area contributed by atoms with Gasteiger partial charge in [-0.1, -0.05) is 17.7 Å². The summed E-state index contributed by atoms with van der Waals surface area (Å²) >= 11 is 9.04. The number of nitrogens with zero attached hydrogens (tertiary/aromatic N) is 2. The van der Waals surface area contributed by atoms with E-state index in [9.17, 15) is 17.6 Å². The van der Waals surface area contributed by atoms with Crippen LogP contribution in [-0.4, -0.2) is 30.4 Å². The summed E-state index contributed by atoms with van der Waals surface area (Å²) in [6, 6.07) is 4.34. The Kier molecular flexibility index (Phi) is 5.12. The van der Waals surface area contributed by atoms with Crippen molar-refractivity contribution in [2.75, 3.05) is 11.6 Å². The first kappa shape index (κ1) is 17.9. The fraction of sp³-hybridized carbons (Fsp3) is 0.231. The average molecular weight is 425 g/mol. The monoisotopic (exact) mass is 423 g/mol. The number of hydrogen-bond acceptors (Lipinski definition) is 4. The molecule has 1 aromatic heterocycles. The minimum absolute atomic E-state index is 0.0127. The molecule has 1 aromatic carbocycles. The van der Waals surface area contributed by atoms with Gasteiger partial charge in [-0.25, -0.2) is 17.5 Å². The molecule has 23 heavy (non-hydrogen) atoms. The number of halogens is 3. The van der Waals surface area contributed by atoms with Crippen LogP contribution in [0.25, 0.3) is 0 Å².